The summed E-state index contributed by atoms with van der Waals surface area (Å²) in [5.41, 5.74) is 0.811. The minimum Gasteiger partial charge on any atom is -0.469 e. The lowest BCUT2D eigenvalue weighted by Gasteiger charge is -2.24. The van der Waals surface area contributed by atoms with Crippen molar-refractivity contribution < 1.29 is 19.1 Å². The van der Waals surface area contributed by atoms with Crippen LogP contribution in [0.5, 0.6) is 0 Å². The van der Waals surface area contributed by atoms with Gasteiger partial charge in [0.1, 0.15) is 0 Å². The van der Waals surface area contributed by atoms with Crippen LogP contribution in [0.1, 0.15) is 6.42 Å². The topological polar surface area (TPSA) is 52.6 Å². The molecule has 0 aromatic heterocycles. The predicted molar refractivity (Wildman–Crippen MR) is 53.9 cm³/mol. The van der Waals surface area contributed by atoms with Gasteiger partial charge in [-0.15, -0.1) is 0 Å². The second kappa shape index (κ2) is 4.77. The molecule has 2 unspecified atom stereocenters. The number of hydrogen-bond acceptors (Lipinski definition) is 4. The summed E-state index contributed by atoms with van der Waals surface area (Å²) in [6.45, 7) is 3.75. The lowest BCUT2D eigenvalue weighted by molar-refractivity contribution is -0.155. The van der Waals surface area contributed by atoms with Crippen molar-refractivity contribution in [3.05, 3.63) is 24.3 Å². The summed E-state index contributed by atoms with van der Waals surface area (Å²) in [5.74, 6) is -1.90. The molecule has 0 aromatic carbocycles. The van der Waals surface area contributed by atoms with Gasteiger partial charge in [0.2, 0.25) is 0 Å². The van der Waals surface area contributed by atoms with E-state index in [-0.39, 0.29) is 0 Å². The van der Waals surface area contributed by atoms with Gasteiger partial charge in [-0.05, 0) is 6.42 Å². The van der Waals surface area contributed by atoms with Crippen LogP contribution in [-0.2, 0) is 19.1 Å². The van der Waals surface area contributed by atoms with Crippen LogP contribution in [-0.4, -0.2) is 26.2 Å². The Labute approximate surface area is 88.6 Å². The number of hydrogen-bond donors (Lipinski definition) is 0. The molecule has 0 heterocycles. The van der Waals surface area contributed by atoms with Crippen molar-refractivity contribution >= 4 is 11.9 Å². The largest absolute Gasteiger partial charge is 0.469 e. The van der Waals surface area contributed by atoms with E-state index in [4.69, 9.17) is 0 Å². The van der Waals surface area contributed by atoms with Crippen molar-refractivity contribution in [3.63, 3.8) is 0 Å². The van der Waals surface area contributed by atoms with Crippen LogP contribution >= 0.6 is 0 Å². The lowest BCUT2D eigenvalue weighted by atomic mass is 9.82. The summed E-state index contributed by atoms with van der Waals surface area (Å²) in [6.07, 6.45) is 3.81. The highest BCUT2D eigenvalue weighted by atomic mass is 16.5. The first-order valence-electron chi connectivity index (χ1n) is 4.61. The van der Waals surface area contributed by atoms with Gasteiger partial charge in [-0.2, -0.15) is 0 Å². The number of allylic oxidation sites excluding steroid dienone is 2. The van der Waals surface area contributed by atoms with E-state index in [1.807, 2.05) is 0 Å². The summed E-state index contributed by atoms with van der Waals surface area (Å²) < 4.78 is 9.26. The Morgan fingerprint density at radius 3 is 2.47 bits per heavy atom. The number of rotatable bonds is 2. The molecule has 15 heavy (non-hydrogen) atoms. The average molecular weight is 210 g/mol. The Bertz CT molecular complexity index is 317. The van der Waals surface area contributed by atoms with Gasteiger partial charge < -0.3 is 9.47 Å². The zero-order valence-corrected chi connectivity index (χ0v) is 8.86. The van der Waals surface area contributed by atoms with E-state index < -0.39 is 23.8 Å². The standard InChI is InChI=1S/C11H14O4/c1-7-4-5-8(10(12)14-2)9(6-7)11(13)15-3/h4-5,8-9H,1,6H2,2-3H3. The van der Waals surface area contributed by atoms with Crippen molar-refractivity contribution in [2.24, 2.45) is 11.8 Å². The van der Waals surface area contributed by atoms with E-state index in [1.54, 1.807) is 12.2 Å². The quantitative estimate of drug-likeness (QED) is 0.640. The van der Waals surface area contributed by atoms with Gasteiger partial charge in [-0.25, -0.2) is 0 Å². The summed E-state index contributed by atoms with van der Waals surface area (Å²) in [4.78, 5) is 22.8. The molecule has 1 aliphatic rings. The molecule has 1 aliphatic carbocycles. The summed E-state index contributed by atoms with van der Waals surface area (Å²) in [6, 6.07) is 0. The molecule has 0 aliphatic heterocycles. The van der Waals surface area contributed by atoms with Crippen molar-refractivity contribution in [1.82, 2.24) is 0 Å². The fourth-order valence-corrected chi connectivity index (χ4v) is 1.61. The third kappa shape index (κ3) is 2.46. The smallest absolute Gasteiger partial charge is 0.313 e. The molecular formula is C11H14O4. The zero-order valence-electron chi connectivity index (χ0n) is 8.86. The highest BCUT2D eigenvalue weighted by molar-refractivity contribution is 5.84. The third-order valence-corrected chi connectivity index (χ3v) is 2.43. The number of carbonyl (C=O) groups is 2. The SMILES string of the molecule is C=C1C=CC(C(=O)OC)C(C(=O)OC)C1. The minimum absolute atomic E-state index is 0.407. The molecule has 0 radical (unpaired) electrons. The minimum atomic E-state index is -0.562. The molecular weight excluding hydrogens is 196 g/mol. The Hall–Kier alpha value is -1.58. The van der Waals surface area contributed by atoms with Crippen molar-refractivity contribution in [1.29, 1.82) is 0 Å². The van der Waals surface area contributed by atoms with Crippen LogP contribution in [0, 0.1) is 11.8 Å². The van der Waals surface area contributed by atoms with Gasteiger partial charge in [0.05, 0.1) is 26.1 Å². The summed E-state index contributed by atoms with van der Waals surface area (Å²) >= 11 is 0. The van der Waals surface area contributed by atoms with Gasteiger partial charge in [0.15, 0.2) is 0 Å². The molecule has 82 valence electrons. The van der Waals surface area contributed by atoms with E-state index in [1.165, 1.54) is 14.2 Å². The first-order valence-corrected chi connectivity index (χ1v) is 4.61. The van der Waals surface area contributed by atoms with E-state index in [9.17, 15) is 9.59 Å². The molecule has 0 N–H and O–H groups in total. The highest BCUT2D eigenvalue weighted by Gasteiger charge is 2.35. The van der Waals surface area contributed by atoms with E-state index >= 15 is 0 Å². The summed E-state index contributed by atoms with van der Waals surface area (Å²) in [5, 5.41) is 0. The van der Waals surface area contributed by atoms with E-state index in [0.29, 0.717) is 6.42 Å². The van der Waals surface area contributed by atoms with Gasteiger partial charge >= 0.3 is 11.9 Å². The molecule has 0 saturated carbocycles. The Morgan fingerprint density at radius 2 is 1.93 bits per heavy atom. The fraction of sp³-hybridized carbons (Fsp3) is 0.455. The molecule has 0 fully saturated rings. The van der Waals surface area contributed by atoms with Crippen molar-refractivity contribution in [2.45, 2.75) is 6.42 Å². The Morgan fingerprint density at radius 1 is 1.33 bits per heavy atom. The molecule has 0 aromatic rings. The Balaban J connectivity index is 2.90. The summed E-state index contributed by atoms with van der Waals surface area (Å²) in [7, 11) is 2.60. The van der Waals surface area contributed by atoms with Gasteiger partial charge in [-0.1, -0.05) is 24.3 Å². The molecule has 2 atom stereocenters. The first-order chi connectivity index (χ1) is 7.10. The number of ether oxygens (including phenoxy) is 2. The number of methoxy groups -OCH3 is 2. The van der Waals surface area contributed by atoms with Crippen LogP contribution in [0.15, 0.2) is 24.3 Å². The molecule has 0 saturated heterocycles. The first kappa shape index (κ1) is 11.5. The van der Waals surface area contributed by atoms with Gasteiger partial charge in [0, 0.05) is 0 Å². The molecule has 0 amide bonds. The van der Waals surface area contributed by atoms with Gasteiger partial charge in [-0.3, -0.25) is 9.59 Å². The van der Waals surface area contributed by atoms with E-state index in [2.05, 4.69) is 16.1 Å². The third-order valence-electron chi connectivity index (χ3n) is 2.43. The molecule has 0 spiro atoms. The number of carbonyl (C=O) groups excluding carboxylic acids is 2. The highest BCUT2D eigenvalue weighted by Crippen LogP contribution is 2.29. The van der Waals surface area contributed by atoms with E-state index in [0.717, 1.165) is 5.57 Å². The second-order valence-electron chi connectivity index (χ2n) is 3.40. The van der Waals surface area contributed by atoms with Crippen LogP contribution in [0.25, 0.3) is 0 Å². The fourth-order valence-electron chi connectivity index (χ4n) is 1.61. The Kier molecular flexibility index (Phi) is 3.66. The zero-order chi connectivity index (χ0) is 11.4. The van der Waals surface area contributed by atoms with Crippen molar-refractivity contribution in [3.8, 4) is 0 Å². The molecule has 4 heteroatoms. The molecule has 4 nitrogen and oxygen atoms in total. The maximum Gasteiger partial charge on any atom is 0.313 e. The average Bonchev–Trinajstić information content (AvgIpc) is 2.26. The van der Waals surface area contributed by atoms with Crippen LogP contribution < -0.4 is 0 Å². The van der Waals surface area contributed by atoms with Crippen LogP contribution in [0.3, 0.4) is 0 Å². The predicted octanol–water partition coefficient (Wildman–Crippen LogP) is 1.08. The monoisotopic (exact) mass is 210 g/mol. The number of esters is 2. The maximum atomic E-state index is 11.4. The molecule has 1 rings (SSSR count). The van der Waals surface area contributed by atoms with Gasteiger partial charge in [0.25, 0.3) is 0 Å². The van der Waals surface area contributed by atoms with Crippen molar-refractivity contribution in [2.75, 3.05) is 14.2 Å². The normalized spacial score (nSPS) is 24.8. The second-order valence-corrected chi connectivity index (χ2v) is 3.40. The molecule has 0 bridgehead atoms. The van der Waals surface area contributed by atoms with Crippen LogP contribution in [0.2, 0.25) is 0 Å². The van der Waals surface area contributed by atoms with Crippen LogP contribution in [0.4, 0.5) is 0 Å². The maximum absolute atomic E-state index is 11.4. The lowest BCUT2D eigenvalue weighted by Crippen LogP contribution is -2.32.